The third kappa shape index (κ3) is 13.9. The molecule has 0 bridgehead atoms. The smallest absolute Gasteiger partial charge is 0.313 e. The number of carbonyl (C=O) groups is 2. The van der Waals surface area contributed by atoms with Crippen LogP contribution in [0.4, 0.5) is 0 Å². The second-order valence-electron chi connectivity index (χ2n) is 31.0. The van der Waals surface area contributed by atoms with Crippen LogP contribution in [0.1, 0.15) is 113 Å². The number of hydrogen-bond donors (Lipinski definition) is 14. The number of ether oxygens (including phenoxy) is 16. The maximum absolute atomic E-state index is 14.8. The number of rotatable bonds is 22. The predicted octanol–water partition coefficient (Wildman–Crippen LogP) is -2.90. The number of carbonyl (C=O) groups excluding carboxylic acids is 2. The zero-order valence-electron chi connectivity index (χ0n) is 58.3. The molecule has 0 aromatic rings. The normalized spacial score (nSPS) is 51.2. The third-order valence-corrected chi connectivity index (χ3v) is 24.6. The number of allylic oxidation sites excluding steroid dienone is 2. The van der Waals surface area contributed by atoms with Crippen molar-refractivity contribution in [3.63, 3.8) is 0 Å². The zero-order chi connectivity index (χ0) is 72.8. The summed E-state index contributed by atoms with van der Waals surface area (Å²) in [5.74, 6) is -0.702. The van der Waals surface area contributed by atoms with Crippen molar-refractivity contribution in [2.45, 2.75) is 303 Å². The second kappa shape index (κ2) is 30.5. The van der Waals surface area contributed by atoms with Crippen LogP contribution in [0.25, 0.3) is 0 Å². The van der Waals surface area contributed by atoms with E-state index < -0.39 is 245 Å². The van der Waals surface area contributed by atoms with Crippen LogP contribution >= 0.6 is 0 Å². The molecule has 37 atom stereocenters. The molecule has 11 aliphatic rings. The van der Waals surface area contributed by atoms with Crippen molar-refractivity contribution in [1.82, 2.24) is 0 Å². The van der Waals surface area contributed by atoms with Gasteiger partial charge in [0.05, 0.1) is 50.7 Å². The summed E-state index contributed by atoms with van der Waals surface area (Å²) in [5, 5.41) is 156. The van der Waals surface area contributed by atoms with Crippen LogP contribution in [0.3, 0.4) is 0 Å². The number of methoxy groups -OCH3 is 2. The topological polar surface area (TPSA) is 465 Å². The van der Waals surface area contributed by atoms with Gasteiger partial charge in [-0.3, -0.25) is 9.59 Å². The molecule has 100 heavy (non-hydrogen) atoms. The highest BCUT2D eigenvalue weighted by Crippen LogP contribution is 2.76. The molecule has 0 amide bonds. The van der Waals surface area contributed by atoms with E-state index in [0.717, 1.165) is 24.8 Å². The van der Waals surface area contributed by atoms with E-state index >= 15 is 0 Å². The maximum atomic E-state index is 14.8. The molecule has 0 radical (unpaired) electrons. The Morgan fingerprint density at radius 3 is 1.68 bits per heavy atom. The number of fused-ring (bicyclic) bond motifs is 4. The number of cyclic esters (lactones) is 1. The Bertz CT molecular complexity index is 2840. The lowest BCUT2D eigenvalue weighted by molar-refractivity contribution is -0.394. The number of aliphatic hydroxyl groups excluding tert-OH is 14. The van der Waals surface area contributed by atoms with Gasteiger partial charge in [-0.25, -0.2) is 0 Å². The first-order chi connectivity index (χ1) is 47.2. The molecule has 14 N–H and O–H groups in total. The lowest BCUT2D eigenvalue weighted by atomic mass is 9.41. The number of hydrogen-bond acceptors (Lipinski definition) is 32. The van der Waals surface area contributed by atoms with E-state index in [9.17, 15) is 81.1 Å². The lowest BCUT2D eigenvalue weighted by Gasteiger charge is -2.64. The van der Waals surface area contributed by atoms with Gasteiger partial charge in [0.2, 0.25) is 0 Å². The summed E-state index contributed by atoms with van der Waals surface area (Å²) in [6, 6.07) is 0. The number of esters is 2. The minimum Gasteiger partial charge on any atom is -0.462 e. The Morgan fingerprint density at radius 1 is 0.570 bits per heavy atom. The van der Waals surface area contributed by atoms with Gasteiger partial charge in [-0.05, 0) is 88.4 Å². The molecule has 7 heterocycles. The summed E-state index contributed by atoms with van der Waals surface area (Å²) in [4.78, 5) is 27.1. The molecule has 3 saturated carbocycles. The summed E-state index contributed by atoms with van der Waals surface area (Å²) in [6.45, 7) is 16.2. The van der Waals surface area contributed by atoms with Gasteiger partial charge in [-0.2, -0.15) is 0 Å². The summed E-state index contributed by atoms with van der Waals surface area (Å²) >= 11 is 0. The summed E-state index contributed by atoms with van der Waals surface area (Å²) in [7, 11) is 2.39. The van der Waals surface area contributed by atoms with Crippen molar-refractivity contribution in [3.05, 3.63) is 23.8 Å². The first kappa shape index (κ1) is 78.4. The molecule has 2 unspecified atom stereocenters. The Hall–Kier alpha value is -2.70. The Labute approximate surface area is 580 Å². The highest BCUT2D eigenvalue weighted by Gasteiger charge is 2.77. The Kier molecular flexibility index (Phi) is 23.9. The maximum Gasteiger partial charge on any atom is 0.313 e. The molecular weight excluding hydrogens is 1330 g/mol. The van der Waals surface area contributed by atoms with Crippen molar-refractivity contribution in [2.24, 2.45) is 39.4 Å². The van der Waals surface area contributed by atoms with E-state index in [1.165, 1.54) is 33.6 Å². The Balaban J connectivity index is 0.828. The molecule has 11 rings (SSSR count). The van der Waals surface area contributed by atoms with E-state index in [4.69, 9.17) is 75.8 Å². The summed E-state index contributed by atoms with van der Waals surface area (Å²) < 4.78 is 96.1. The van der Waals surface area contributed by atoms with Crippen LogP contribution < -0.4 is 0 Å². The minimum atomic E-state index is -2.03. The summed E-state index contributed by atoms with van der Waals surface area (Å²) in [6.07, 6.45) is -39.5. The third-order valence-electron chi connectivity index (χ3n) is 24.6. The average molecular weight is 1440 g/mol. The molecule has 572 valence electrons. The lowest BCUT2D eigenvalue weighted by Crippen LogP contribution is -2.67. The fourth-order valence-corrected chi connectivity index (χ4v) is 19.4. The standard InChI is InChI=1S/C68H108O32/c1-27(2)20-30(90-29(4)72)21-67(9)39-15-18-66(8)32-12-13-38-64(5,6)40(16-17-65(38,7)31(32)14-19-68(39,66)63(84)100-67)95-62-56(44(77)37(26-88-62)94-59-50(83)55(43(76)36(24-71)91-59)98-61-49(82)54(86-11)42(75)35(23-70)93-61)99-58-46(79)45(78)51(28(3)89-58)96-57-47(80)52(33(73)25-87-57)97-60-48(81)53(85-10)41(74)34(22-69)92-60/h12,28,30-31,33-62,69-71,73-83H,1,13-26H2,2-11H3/t28-,30+,31?,33-,34-,35-,36-,37-,38?,39-,40+,41-,42-,43-,44+,45-,46-,47-,48-,49-,50-,51-,52+,53+,54+,55+,56-,57+,58+,59+,60+,61+,62+,65-,66+,67+,68-/m1/s1. The summed E-state index contributed by atoms with van der Waals surface area (Å²) in [5.41, 5.74) is -1.06. The van der Waals surface area contributed by atoms with Crippen LogP contribution in [0.15, 0.2) is 23.8 Å². The van der Waals surface area contributed by atoms with Crippen LogP contribution in [-0.4, -0.2) is 321 Å². The second-order valence-corrected chi connectivity index (χ2v) is 31.0. The highest BCUT2D eigenvalue weighted by molar-refractivity contribution is 5.83. The molecule has 10 fully saturated rings. The monoisotopic (exact) mass is 1440 g/mol. The Morgan fingerprint density at radius 2 is 1.10 bits per heavy atom. The molecule has 32 nitrogen and oxygen atoms in total. The van der Waals surface area contributed by atoms with Crippen molar-refractivity contribution in [2.75, 3.05) is 47.3 Å². The van der Waals surface area contributed by atoms with Gasteiger partial charge in [0.25, 0.3) is 0 Å². The van der Waals surface area contributed by atoms with E-state index in [-0.39, 0.29) is 29.1 Å². The van der Waals surface area contributed by atoms with Crippen LogP contribution in [-0.2, 0) is 85.4 Å². The van der Waals surface area contributed by atoms with E-state index in [1.54, 1.807) is 0 Å². The van der Waals surface area contributed by atoms with E-state index in [2.05, 4.69) is 40.3 Å². The molecular formula is C68H108O32. The van der Waals surface area contributed by atoms with Gasteiger partial charge in [0.15, 0.2) is 37.7 Å². The van der Waals surface area contributed by atoms with Crippen molar-refractivity contribution >= 4 is 11.9 Å². The largest absolute Gasteiger partial charge is 0.462 e. The van der Waals surface area contributed by atoms with Gasteiger partial charge in [-0.1, -0.05) is 44.9 Å². The quantitative estimate of drug-likeness (QED) is 0.0382. The van der Waals surface area contributed by atoms with Crippen molar-refractivity contribution in [1.29, 1.82) is 0 Å². The van der Waals surface area contributed by atoms with Gasteiger partial charge in [-0.15, -0.1) is 6.58 Å². The van der Waals surface area contributed by atoms with E-state index in [1.807, 2.05) is 13.8 Å². The van der Waals surface area contributed by atoms with Crippen molar-refractivity contribution < 1.29 is 157 Å². The molecule has 1 spiro atoms. The van der Waals surface area contributed by atoms with Gasteiger partial charge >= 0.3 is 11.9 Å². The van der Waals surface area contributed by atoms with Gasteiger partial charge in [0.1, 0.15) is 140 Å². The fourth-order valence-electron chi connectivity index (χ4n) is 19.4. The molecule has 0 aromatic heterocycles. The van der Waals surface area contributed by atoms with Crippen LogP contribution in [0, 0.1) is 39.4 Å². The highest BCUT2D eigenvalue weighted by atomic mass is 16.8. The minimum absolute atomic E-state index is 0.0233. The number of aliphatic hydroxyl groups is 14. The first-order valence-electron chi connectivity index (χ1n) is 35.1. The predicted molar refractivity (Wildman–Crippen MR) is 335 cm³/mol. The molecule has 7 saturated heterocycles. The van der Waals surface area contributed by atoms with E-state index in [0.29, 0.717) is 38.5 Å². The van der Waals surface area contributed by atoms with Crippen molar-refractivity contribution in [3.8, 4) is 0 Å². The van der Waals surface area contributed by atoms with Crippen LogP contribution in [0.5, 0.6) is 0 Å². The molecule has 0 aromatic carbocycles. The molecule has 32 heteroatoms. The fraction of sp³-hybridized carbons (Fsp3) is 0.912. The zero-order valence-corrected chi connectivity index (χ0v) is 58.3. The molecule has 7 aliphatic heterocycles. The SMILES string of the molecule is C=C(C)C[C@@H](C[C@]1(C)OC(=O)[C@]23CCC4C(=CCC5C(C)(C)[C@@H](O[C@@H]6OC[C@@H](O[C@@H]7O[C@H](CO)[C@@H](O)[C@H](O[C@@H]8O[C@H](CO)[C@@H](O)[C@H](OC)[C@H]8O)[C@H]7O)[C@H](O)[C@H]6O[C@@H]6O[C@H](C)[C@@H](O[C@@H]7OC[C@@H](O)[C@H](O[C@@H]8O[C@H](CO)[C@@H](O)[C@H](OC)[C@H]8O)[C@H]7O)[C@H](O)[C@H]6O)CC[C@]45C)[C@]2(C)CC[C@@H]31)OC(C)=O. The average Bonchev–Trinajstić information content (AvgIpc) is 1.46. The first-order valence-corrected chi connectivity index (χ1v) is 35.1. The van der Waals surface area contributed by atoms with Gasteiger partial charge < -0.3 is 147 Å². The van der Waals surface area contributed by atoms with Crippen LogP contribution in [0.2, 0.25) is 0 Å². The molecule has 4 aliphatic carbocycles. The van der Waals surface area contributed by atoms with Gasteiger partial charge in [0, 0.05) is 45.3 Å².